The number of imide groups is 1. The molecule has 1 aromatic rings. The highest BCUT2D eigenvalue weighted by Crippen LogP contribution is 2.26. The molecule has 0 bridgehead atoms. The van der Waals surface area contributed by atoms with Crippen molar-refractivity contribution >= 4 is 17.8 Å². The van der Waals surface area contributed by atoms with Crippen LogP contribution in [-0.4, -0.2) is 48.0 Å². The van der Waals surface area contributed by atoms with Crippen molar-refractivity contribution in [2.24, 2.45) is 0 Å². The molecular formula is C18H23N3O4. The minimum Gasteiger partial charge on any atom is -0.494 e. The van der Waals surface area contributed by atoms with E-state index in [1.807, 2.05) is 31.2 Å². The summed E-state index contributed by atoms with van der Waals surface area (Å²) in [7, 11) is 0. The van der Waals surface area contributed by atoms with Crippen molar-refractivity contribution in [3.8, 4) is 5.75 Å². The van der Waals surface area contributed by atoms with E-state index in [1.165, 1.54) is 0 Å². The van der Waals surface area contributed by atoms with Crippen molar-refractivity contribution in [2.45, 2.75) is 38.1 Å². The number of nitrogens with one attached hydrogen (secondary N) is 2. The van der Waals surface area contributed by atoms with E-state index in [9.17, 15) is 14.4 Å². The van der Waals surface area contributed by atoms with Gasteiger partial charge in [-0.1, -0.05) is 12.1 Å². The van der Waals surface area contributed by atoms with Gasteiger partial charge in [0.25, 0.3) is 5.91 Å². The van der Waals surface area contributed by atoms with E-state index in [4.69, 9.17) is 4.74 Å². The van der Waals surface area contributed by atoms with E-state index < -0.39 is 11.6 Å². The summed E-state index contributed by atoms with van der Waals surface area (Å²) >= 11 is 0. The van der Waals surface area contributed by atoms with Gasteiger partial charge in [-0.05, 0) is 43.9 Å². The molecule has 2 fully saturated rings. The van der Waals surface area contributed by atoms with E-state index in [0.29, 0.717) is 45.4 Å². The third-order valence-corrected chi connectivity index (χ3v) is 4.85. The number of hydrogen-bond acceptors (Lipinski definition) is 4. The lowest BCUT2D eigenvalue weighted by molar-refractivity contribution is -0.135. The number of rotatable bonds is 5. The zero-order valence-electron chi connectivity index (χ0n) is 14.3. The first kappa shape index (κ1) is 17.3. The van der Waals surface area contributed by atoms with Crippen LogP contribution < -0.4 is 15.4 Å². The molecule has 4 amide bonds. The summed E-state index contributed by atoms with van der Waals surface area (Å²) in [5.41, 5.74) is 0.260. The second-order valence-corrected chi connectivity index (χ2v) is 6.45. The number of nitrogens with zero attached hydrogens (tertiary/aromatic N) is 1. The predicted molar refractivity (Wildman–Crippen MR) is 91.2 cm³/mol. The number of piperidine rings is 1. The van der Waals surface area contributed by atoms with Gasteiger partial charge in [-0.2, -0.15) is 0 Å². The van der Waals surface area contributed by atoms with E-state index in [1.54, 1.807) is 4.90 Å². The Hall–Kier alpha value is -2.57. The lowest BCUT2D eigenvalue weighted by Gasteiger charge is -2.37. The Morgan fingerprint density at radius 2 is 1.88 bits per heavy atom. The summed E-state index contributed by atoms with van der Waals surface area (Å²) in [6, 6.07) is 7.33. The van der Waals surface area contributed by atoms with Crippen molar-refractivity contribution in [1.29, 1.82) is 0 Å². The van der Waals surface area contributed by atoms with Gasteiger partial charge in [-0.25, -0.2) is 4.79 Å². The van der Waals surface area contributed by atoms with Crippen molar-refractivity contribution in [3.05, 3.63) is 29.8 Å². The lowest BCUT2D eigenvalue weighted by atomic mass is 9.87. The highest BCUT2D eigenvalue weighted by molar-refractivity contribution is 6.07. The van der Waals surface area contributed by atoms with Gasteiger partial charge >= 0.3 is 6.03 Å². The van der Waals surface area contributed by atoms with Crippen LogP contribution in [0.5, 0.6) is 5.75 Å². The normalized spacial score (nSPS) is 18.8. The van der Waals surface area contributed by atoms with Crippen molar-refractivity contribution in [3.63, 3.8) is 0 Å². The number of hydrogen-bond donors (Lipinski definition) is 2. The van der Waals surface area contributed by atoms with Crippen molar-refractivity contribution in [2.75, 3.05) is 19.7 Å². The number of carbonyl (C=O) groups is 3. The second-order valence-electron chi connectivity index (χ2n) is 6.45. The van der Waals surface area contributed by atoms with Crippen LogP contribution in [0.15, 0.2) is 24.3 Å². The Morgan fingerprint density at radius 3 is 2.44 bits per heavy atom. The smallest absolute Gasteiger partial charge is 0.322 e. The Balaban J connectivity index is 1.48. The molecule has 0 radical (unpaired) electrons. The third-order valence-electron chi connectivity index (χ3n) is 4.85. The van der Waals surface area contributed by atoms with Gasteiger partial charge < -0.3 is 15.0 Å². The topological polar surface area (TPSA) is 87.7 Å². The van der Waals surface area contributed by atoms with Gasteiger partial charge in [0.15, 0.2) is 0 Å². The molecule has 3 rings (SSSR count). The molecule has 0 unspecified atom stereocenters. The maximum Gasteiger partial charge on any atom is 0.322 e. The average molecular weight is 345 g/mol. The molecule has 2 aliphatic rings. The van der Waals surface area contributed by atoms with Gasteiger partial charge in [0.05, 0.1) is 6.61 Å². The number of benzene rings is 1. The summed E-state index contributed by atoms with van der Waals surface area (Å²) in [4.78, 5) is 37.4. The lowest BCUT2D eigenvalue weighted by Crippen LogP contribution is -2.55. The predicted octanol–water partition coefficient (Wildman–Crippen LogP) is 1.22. The maximum absolute atomic E-state index is 12.4. The molecule has 2 saturated heterocycles. The fourth-order valence-electron chi connectivity index (χ4n) is 3.35. The van der Waals surface area contributed by atoms with Gasteiger partial charge in [0.2, 0.25) is 5.91 Å². The van der Waals surface area contributed by atoms with Crippen LogP contribution in [0.4, 0.5) is 4.79 Å². The zero-order valence-corrected chi connectivity index (χ0v) is 14.3. The molecule has 2 N–H and O–H groups in total. The number of likely N-dealkylation sites (tertiary alicyclic amines) is 1. The van der Waals surface area contributed by atoms with Crippen LogP contribution in [0.3, 0.4) is 0 Å². The molecule has 0 atom stereocenters. The number of urea groups is 1. The Morgan fingerprint density at radius 1 is 1.20 bits per heavy atom. The van der Waals surface area contributed by atoms with E-state index in [2.05, 4.69) is 10.6 Å². The molecule has 2 aliphatic heterocycles. The quantitative estimate of drug-likeness (QED) is 0.786. The number of aryl methyl sites for hydroxylation is 1. The summed E-state index contributed by atoms with van der Waals surface area (Å²) < 4.78 is 5.41. The Kier molecular flexibility index (Phi) is 4.92. The summed E-state index contributed by atoms with van der Waals surface area (Å²) in [5, 5.41) is 4.98. The minimum absolute atomic E-state index is 0.0773. The summed E-state index contributed by atoms with van der Waals surface area (Å²) in [5.74, 6) is 0.628. The SMILES string of the molecule is CCOc1ccc(CCC(=O)N2CCC3(CC2)NC(=O)NC3=O)cc1. The molecule has 0 aliphatic carbocycles. The standard InChI is InChI=1S/C18H23N3O4/c1-2-25-14-6-3-13(4-7-14)5-8-15(22)21-11-9-18(10-12-21)16(23)19-17(24)20-18/h3-4,6-7H,2,5,8-12H2,1H3,(H2,19,20,23,24). The summed E-state index contributed by atoms with van der Waals surface area (Å²) in [6.07, 6.45) is 2.02. The molecule has 134 valence electrons. The van der Waals surface area contributed by atoms with Crippen LogP contribution in [-0.2, 0) is 16.0 Å². The maximum atomic E-state index is 12.4. The molecular weight excluding hydrogens is 322 g/mol. The van der Waals surface area contributed by atoms with E-state index in [-0.39, 0.29) is 11.8 Å². The Labute approximate surface area is 146 Å². The van der Waals surface area contributed by atoms with Gasteiger partial charge in [-0.15, -0.1) is 0 Å². The van der Waals surface area contributed by atoms with Crippen LogP contribution in [0.1, 0.15) is 31.7 Å². The molecule has 0 aromatic heterocycles. The van der Waals surface area contributed by atoms with Crippen LogP contribution >= 0.6 is 0 Å². The number of amides is 4. The molecule has 25 heavy (non-hydrogen) atoms. The molecule has 7 heteroatoms. The highest BCUT2D eigenvalue weighted by Gasteiger charge is 2.48. The largest absolute Gasteiger partial charge is 0.494 e. The first-order valence-corrected chi connectivity index (χ1v) is 8.65. The molecule has 1 spiro atoms. The highest BCUT2D eigenvalue weighted by atomic mass is 16.5. The fraction of sp³-hybridized carbons (Fsp3) is 0.500. The molecule has 1 aromatic carbocycles. The third kappa shape index (κ3) is 3.75. The first-order chi connectivity index (χ1) is 12.0. The van der Waals surface area contributed by atoms with Crippen LogP contribution in [0.2, 0.25) is 0 Å². The van der Waals surface area contributed by atoms with E-state index >= 15 is 0 Å². The molecule has 0 saturated carbocycles. The van der Waals surface area contributed by atoms with Crippen LogP contribution in [0.25, 0.3) is 0 Å². The van der Waals surface area contributed by atoms with Gasteiger partial charge in [0.1, 0.15) is 11.3 Å². The minimum atomic E-state index is -0.830. The first-order valence-electron chi connectivity index (χ1n) is 8.65. The Bertz CT molecular complexity index is 663. The summed E-state index contributed by atoms with van der Waals surface area (Å²) in [6.45, 7) is 3.54. The fourth-order valence-corrected chi connectivity index (χ4v) is 3.35. The van der Waals surface area contributed by atoms with Crippen molar-refractivity contribution < 1.29 is 19.1 Å². The zero-order chi connectivity index (χ0) is 17.9. The van der Waals surface area contributed by atoms with Crippen molar-refractivity contribution in [1.82, 2.24) is 15.5 Å². The number of carbonyl (C=O) groups excluding carboxylic acids is 3. The molecule has 2 heterocycles. The van der Waals surface area contributed by atoms with Crippen LogP contribution in [0, 0.1) is 0 Å². The van der Waals surface area contributed by atoms with E-state index in [0.717, 1.165) is 11.3 Å². The van der Waals surface area contributed by atoms with Gasteiger partial charge in [0, 0.05) is 19.5 Å². The monoisotopic (exact) mass is 345 g/mol. The average Bonchev–Trinajstić information content (AvgIpc) is 2.88. The van der Waals surface area contributed by atoms with Gasteiger partial charge in [-0.3, -0.25) is 14.9 Å². The molecule has 7 nitrogen and oxygen atoms in total. The number of ether oxygens (including phenoxy) is 1. The second kappa shape index (κ2) is 7.13.